The minimum atomic E-state index is -0.521. The molecule has 0 bridgehead atoms. The molecule has 0 aliphatic carbocycles. The number of methoxy groups -OCH3 is 1. The minimum absolute atomic E-state index is 0.0347. The lowest BCUT2D eigenvalue weighted by Gasteiger charge is -2.36. The molecular weight excluding hydrogens is 298 g/mol. The Balaban J connectivity index is 1.64. The van der Waals surface area contributed by atoms with Crippen molar-refractivity contribution in [1.29, 1.82) is 0 Å². The zero-order chi connectivity index (χ0) is 15.4. The Morgan fingerprint density at radius 3 is 2.55 bits per heavy atom. The number of nitrogens with zero attached hydrogens (tertiary/aromatic N) is 3. The van der Waals surface area contributed by atoms with Crippen LogP contribution in [0.3, 0.4) is 0 Å². The minimum Gasteiger partial charge on any atom is -0.367 e. The van der Waals surface area contributed by atoms with Crippen LogP contribution in [0.15, 0.2) is 41.9 Å². The third-order valence-electron chi connectivity index (χ3n) is 3.84. The smallest absolute Gasteiger partial charge is 0.256 e. The predicted molar refractivity (Wildman–Crippen MR) is 87.1 cm³/mol. The van der Waals surface area contributed by atoms with Gasteiger partial charge in [0.1, 0.15) is 0 Å². The molecule has 0 spiro atoms. The fourth-order valence-electron chi connectivity index (χ4n) is 2.66. The van der Waals surface area contributed by atoms with Crippen molar-refractivity contribution in [3.63, 3.8) is 0 Å². The van der Waals surface area contributed by atoms with Crippen molar-refractivity contribution in [2.45, 2.75) is 6.10 Å². The molecule has 2 aromatic rings. The van der Waals surface area contributed by atoms with E-state index in [2.05, 4.69) is 9.88 Å². The number of thiazole rings is 1. The molecule has 0 radical (unpaired) electrons. The average Bonchev–Trinajstić information content (AvgIpc) is 3.11. The number of anilines is 1. The van der Waals surface area contributed by atoms with Gasteiger partial charge in [0.05, 0.1) is 0 Å². The summed E-state index contributed by atoms with van der Waals surface area (Å²) in [5.41, 5.74) is 0.900. The summed E-state index contributed by atoms with van der Waals surface area (Å²) in [7, 11) is 1.58. The van der Waals surface area contributed by atoms with Crippen molar-refractivity contribution < 1.29 is 9.53 Å². The highest BCUT2D eigenvalue weighted by Gasteiger charge is 2.28. The van der Waals surface area contributed by atoms with Crippen LogP contribution in [0.2, 0.25) is 0 Å². The summed E-state index contributed by atoms with van der Waals surface area (Å²) < 4.78 is 5.44. The molecular formula is C16H19N3O2S. The number of amides is 1. The number of benzene rings is 1. The first-order valence-corrected chi connectivity index (χ1v) is 8.18. The van der Waals surface area contributed by atoms with Gasteiger partial charge in [-0.1, -0.05) is 30.3 Å². The van der Waals surface area contributed by atoms with Gasteiger partial charge in [-0.3, -0.25) is 4.79 Å². The average molecular weight is 317 g/mol. The van der Waals surface area contributed by atoms with Gasteiger partial charge < -0.3 is 14.5 Å². The largest absolute Gasteiger partial charge is 0.367 e. The maximum atomic E-state index is 12.7. The highest BCUT2D eigenvalue weighted by Crippen LogP contribution is 2.22. The van der Waals surface area contributed by atoms with Crippen molar-refractivity contribution >= 4 is 22.4 Å². The van der Waals surface area contributed by atoms with E-state index in [-0.39, 0.29) is 5.91 Å². The third-order valence-corrected chi connectivity index (χ3v) is 4.68. The highest BCUT2D eigenvalue weighted by molar-refractivity contribution is 7.13. The van der Waals surface area contributed by atoms with Crippen LogP contribution in [0.25, 0.3) is 0 Å². The molecule has 0 N–H and O–H groups in total. The lowest BCUT2D eigenvalue weighted by atomic mass is 10.1. The normalized spacial score (nSPS) is 16.6. The molecule has 1 fully saturated rings. The molecule has 1 saturated heterocycles. The summed E-state index contributed by atoms with van der Waals surface area (Å²) in [6.07, 6.45) is 1.29. The molecule has 3 rings (SSSR count). The first-order valence-electron chi connectivity index (χ1n) is 7.30. The number of ether oxygens (including phenoxy) is 1. The van der Waals surface area contributed by atoms with E-state index < -0.39 is 6.10 Å². The Kier molecular flexibility index (Phi) is 4.70. The van der Waals surface area contributed by atoms with Gasteiger partial charge in [-0.2, -0.15) is 0 Å². The fourth-order valence-corrected chi connectivity index (χ4v) is 3.36. The van der Waals surface area contributed by atoms with E-state index in [1.165, 1.54) is 0 Å². The van der Waals surface area contributed by atoms with Gasteiger partial charge in [-0.25, -0.2) is 4.98 Å². The van der Waals surface area contributed by atoms with E-state index >= 15 is 0 Å². The Morgan fingerprint density at radius 1 is 1.23 bits per heavy atom. The van der Waals surface area contributed by atoms with E-state index in [1.54, 1.807) is 18.4 Å². The number of rotatable bonds is 4. The van der Waals surface area contributed by atoms with Crippen LogP contribution in [0, 0.1) is 0 Å². The molecule has 5 nitrogen and oxygen atoms in total. The summed E-state index contributed by atoms with van der Waals surface area (Å²) in [6.45, 7) is 3.02. The zero-order valence-electron chi connectivity index (χ0n) is 12.5. The second-order valence-electron chi connectivity index (χ2n) is 5.15. The Morgan fingerprint density at radius 2 is 1.95 bits per heavy atom. The summed E-state index contributed by atoms with van der Waals surface area (Å²) in [5, 5.41) is 3.00. The number of piperazine rings is 1. The fraction of sp³-hybridized carbons (Fsp3) is 0.375. The van der Waals surface area contributed by atoms with Gasteiger partial charge in [0.25, 0.3) is 5.91 Å². The standard InChI is InChI=1S/C16H19N3O2S/c1-21-14(13-5-3-2-4-6-13)15(20)18-8-10-19(11-9-18)16-17-7-12-22-16/h2-7,12,14H,8-11H2,1H3/t14-/m1/s1. The molecule has 1 aliphatic heterocycles. The highest BCUT2D eigenvalue weighted by atomic mass is 32.1. The van der Waals surface area contributed by atoms with Gasteiger partial charge in [0.2, 0.25) is 0 Å². The summed E-state index contributed by atoms with van der Waals surface area (Å²) in [6, 6.07) is 9.65. The third kappa shape index (κ3) is 3.13. The summed E-state index contributed by atoms with van der Waals surface area (Å²) >= 11 is 1.63. The Labute approximate surface area is 134 Å². The maximum Gasteiger partial charge on any atom is 0.256 e. The maximum absolute atomic E-state index is 12.7. The summed E-state index contributed by atoms with van der Waals surface area (Å²) in [5.74, 6) is 0.0347. The molecule has 1 aromatic heterocycles. The second kappa shape index (κ2) is 6.89. The van der Waals surface area contributed by atoms with Crippen LogP contribution in [-0.2, 0) is 9.53 Å². The van der Waals surface area contributed by atoms with Gasteiger partial charge in [0, 0.05) is 44.9 Å². The lowest BCUT2D eigenvalue weighted by molar-refractivity contribution is -0.142. The van der Waals surface area contributed by atoms with E-state index in [9.17, 15) is 4.79 Å². The number of hydrogen-bond donors (Lipinski definition) is 0. The van der Waals surface area contributed by atoms with Crippen LogP contribution in [-0.4, -0.2) is 49.1 Å². The molecule has 1 amide bonds. The van der Waals surface area contributed by atoms with Crippen molar-refractivity contribution in [3.05, 3.63) is 47.5 Å². The molecule has 2 heterocycles. The molecule has 0 unspecified atom stereocenters. The monoisotopic (exact) mass is 317 g/mol. The lowest BCUT2D eigenvalue weighted by Crippen LogP contribution is -2.50. The molecule has 116 valence electrons. The van der Waals surface area contributed by atoms with E-state index in [0.29, 0.717) is 13.1 Å². The number of aromatic nitrogens is 1. The zero-order valence-corrected chi connectivity index (χ0v) is 13.3. The van der Waals surface area contributed by atoms with Crippen molar-refractivity contribution in [2.24, 2.45) is 0 Å². The first-order chi connectivity index (χ1) is 10.8. The first kappa shape index (κ1) is 15.0. The van der Waals surface area contributed by atoms with Crippen LogP contribution in [0.1, 0.15) is 11.7 Å². The van der Waals surface area contributed by atoms with Crippen molar-refractivity contribution in [1.82, 2.24) is 9.88 Å². The molecule has 22 heavy (non-hydrogen) atoms. The van der Waals surface area contributed by atoms with Gasteiger partial charge in [0.15, 0.2) is 11.2 Å². The number of carbonyl (C=O) groups is 1. The molecule has 1 aliphatic rings. The predicted octanol–water partition coefficient (Wildman–Crippen LogP) is 2.18. The topological polar surface area (TPSA) is 45.7 Å². The molecule has 1 atom stereocenters. The van der Waals surface area contributed by atoms with Crippen LogP contribution in [0.4, 0.5) is 5.13 Å². The summed E-state index contributed by atoms with van der Waals surface area (Å²) in [4.78, 5) is 21.1. The van der Waals surface area contributed by atoms with Crippen LogP contribution < -0.4 is 4.90 Å². The molecule has 6 heteroatoms. The van der Waals surface area contributed by atoms with Crippen molar-refractivity contribution in [3.8, 4) is 0 Å². The molecule has 1 aromatic carbocycles. The second-order valence-corrected chi connectivity index (χ2v) is 6.03. The SMILES string of the molecule is CO[C@@H](C(=O)N1CCN(c2nccs2)CC1)c1ccccc1. The quantitative estimate of drug-likeness (QED) is 0.867. The van der Waals surface area contributed by atoms with Gasteiger partial charge in [-0.15, -0.1) is 11.3 Å². The van der Waals surface area contributed by atoms with Gasteiger partial charge in [-0.05, 0) is 5.56 Å². The number of hydrogen-bond acceptors (Lipinski definition) is 5. The van der Waals surface area contributed by atoms with E-state index in [4.69, 9.17) is 4.74 Å². The van der Waals surface area contributed by atoms with Crippen LogP contribution >= 0.6 is 11.3 Å². The van der Waals surface area contributed by atoms with Crippen LogP contribution in [0.5, 0.6) is 0 Å². The molecule has 0 saturated carbocycles. The Bertz CT molecular complexity index is 595. The number of carbonyl (C=O) groups excluding carboxylic acids is 1. The Hall–Kier alpha value is -1.92. The van der Waals surface area contributed by atoms with E-state index in [0.717, 1.165) is 23.8 Å². The van der Waals surface area contributed by atoms with Crippen molar-refractivity contribution in [2.75, 3.05) is 38.2 Å². The van der Waals surface area contributed by atoms with Gasteiger partial charge >= 0.3 is 0 Å². The van der Waals surface area contributed by atoms with E-state index in [1.807, 2.05) is 46.8 Å².